The molecule has 1 aromatic carbocycles. The molecule has 0 spiro atoms. The van der Waals surface area contributed by atoms with Crippen LogP contribution < -0.4 is 21.7 Å². The van der Waals surface area contributed by atoms with Crippen LogP contribution in [0.2, 0.25) is 0 Å². The molecule has 0 saturated carbocycles. The maximum atomic E-state index is 12.1. The highest BCUT2D eigenvalue weighted by Crippen LogP contribution is 2.14. The van der Waals surface area contributed by atoms with Crippen molar-refractivity contribution >= 4 is 16.8 Å². The van der Waals surface area contributed by atoms with Gasteiger partial charge in [-0.3, -0.25) is 4.79 Å². The normalized spacial score (nSPS) is 11.5. The minimum absolute atomic E-state index is 0.00545. The molecule has 0 fully saturated rings. The molecule has 0 radical (unpaired) electrons. The number of benzene rings is 1. The number of nitrogens with two attached hydrogens (primary N) is 1. The van der Waals surface area contributed by atoms with E-state index in [0.29, 0.717) is 26.1 Å². The summed E-state index contributed by atoms with van der Waals surface area (Å²) in [5, 5.41) is 22.1. The van der Waals surface area contributed by atoms with Crippen molar-refractivity contribution in [2.75, 3.05) is 52.4 Å². The summed E-state index contributed by atoms with van der Waals surface area (Å²) >= 11 is 0. The second-order valence-electron chi connectivity index (χ2n) is 7.92. The molecule has 0 bridgehead atoms. The van der Waals surface area contributed by atoms with E-state index in [1.54, 1.807) is 0 Å². The third kappa shape index (κ3) is 11.3. The van der Waals surface area contributed by atoms with Gasteiger partial charge in [0.2, 0.25) is 5.91 Å². The smallest absolute Gasteiger partial charge is 0.225 e. The second kappa shape index (κ2) is 15.8. The van der Waals surface area contributed by atoms with Crippen LogP contribution in [0.5, 0.6) is 0 Å². The molecule has 0 atom stereocenters. The molecule has 31 heavy (non-hydrogen) atoms. The number of H-pyrrole nitrogens is 1. The molecule has 1 amide bonds. The SMILES string of the molecule is NCCCCNCCCNCCCN(O)CCCNC(=O)Cc1cc2ccccc2[nH]1. The Morgan fingerprint density at radius 3 is 2.35 bits per heavy atom. The highest BCUT2D eigenvalue weighted by molar-refractivity contribution is 5.84. The van der Waals surface area contributed by atoms with Crippen LogP contribution in [0.15, 0.2) is 30.3 Å². The number of nitrogens with one attached hydrogen (secondary N) is 4. The Hall–Kier alpha value is -1.97. The van der Waals surface area contributed by atoms with E-state index in [9.17, 15) is 10.0 Å². The number of hydrogen-bond donors (Lipinski definition) is 6. The molecule has 2 rings (SSSR count). The van der Waals surface area contributed by atoms with Crippen LogP contribution in [-0.4, -0.2) is 73.5 Å². The molecule has 0 saturated heterocycles. The lowest BCUT2D eigenvalue weighted by molar-refractivity contribution is -0.120. The Bertz CT molecular complexity index is 703. The van der Waals surface area contributed by atoms with Crippen molar-refractivity contribution in [2.45, 2.75) is 38.5 Å². The molecule has 0 aliphatic heterocycles. The Morgan fingerprint density at radius 2 is 1.61 bits per heavy atom. The summed E-state index contributed by atoms with van der Waals surface area (Å²) in [6.45, 7) is 6.46. The van der Waals surface area contributed by atoms with Crippen molar-refractivity contribution < 1.29 is 10.0 Å². The minimum atomic E-state index is -0.00545. The van der Waals surface area contributed by atoms with Crippen molar-refractivity contribution in [3.05, 3.63) is 36.0 Å². The van der Waals surface area contributed by atoms with Gasteiger partial charge in [0.25, 0.3) is 0 Å². The third-order valence-corrected chi connectivity index (χ3v) is 5.14. The van der Waals surface area contributed by atoms with E-state index in [4.69, 9.17) is 5.73 Å². The average Bonchev–Trinajstić information content (AvgIpc) is 3.17. The quantitative estimate of drug-likeness (QED) is 0.157. The van der Waals surface area contributed by atoms with Crippen LogP contribution in [0.25, 0.3) is 10.9 Å². The summed E-state index contributed by atoms with van der Waals surface area (Å²) in [7, 11) is 0. The molecular formula is C23H40N6O2. The Kier molecular flexibility index (Phi) is 12.9. The van der Waals surface area contributed by atoms with E-state index < -0.39 is 0 Å². The van der Waals surface area contributed by atoms with Gasteiger partial charge in [0.15, 0.2) is 0 Å². The molecule has 8 nitrogen and oxygen atoms in total. The average molecular weight is 433 g/mol. The summed E-state index contributed by atoms with van der Waals surface area (Å²) in [5.74, 6) is -0.00545. The number of nitrogens with zero attached hydrogens (tertiary/aromatic N) is 1. The predicted octanol–water partition coefficient (Wildman–Crippen LogP) is 1.61. The topological polar surface area (TPSA) is 118 Å². The maximum Gasteiger partial charge on any atom is 0.225 e. The summed E-state index contributed by atoms with van der Waals surface area (Å²) in [5.41, 5.74) is 7.43. The zero-order valence-electron chi connectivity index (χ0n) is 18.7. The highest BCUT2D eigenvalue weighted by Gasteiger charge is 2.07. The number of amides is 1. The standard InChI is InChI=1S/C23H40N6O2/c24-10-3-4-11-25-12-5-13-26-14-6-16-29(31)17-7-15-27-23(30)19-21-18-20-8-1-2-9-22(20)28-21/h1-2,8-9,18,25-26,28,31H,3-7,10-17,19,24H2,(H,27,30). The maximum absolute atomic E-state index is 12.1. The lowest BCUT2D eigenvalue weighted by Crippen LogP contribution is -2.31. The molecule has 0 unspecified atom stereocenters. The number of carbonyl (C=O) groups is 1. The Balaban J connectivity index is 1.40. The summed E-state index contributed by atoms with van der Waals surface area (Å²) in [6, 6.07) is 10.0. The number of fused-ring (bicyclic) bond motifs is 1. The van der Waals surface area contributed by atoms with Gasteiger partial charge in [-0.05, 0) is 82.3 Å². The highest BCUT2D eigenvalue weighted by atomic mass is 16.5. The van der Waals surface area contributed by atoms with E-state index in [1.807, 2.05) is 30.3 Å². The van der Waals surface area contributed by atoms with Crippen LogP contribution in [0, 0.1) is 0 Å². The number of aromatic amines is 1. The molecule has 1 heterocycles. The van der Waals surface area contributed by atoms with Gasteiger partial charge in [-0.15, -0.1) is 0 Å². The number of para-hydroxylation sites is 1. The lowest BCUT2D eigenvalue weighted by Gasteiger charge is -2.15. The zero-order valence-corrected chi connectivity index (χ0v) is 18.7. The van der Waals surface area contributed by atoms with Crippen LogP contribution in [0.1, 0.15) is 37.8 Å². The lowest BCUT2D eigenvalue weighted by atomic mass is 10.2. The monoisotopic (exact) mass is 432 g/mol. The van der Waals surface area contributed by atoms with E-state index in [0.717, 1.165) is 81.4 Å². The first-order chi connectivity index (χ1) is 15.2. The summed E-state index contributed by atoms with van der Waals surface area (Å²) < 4.78 is 0. The van der Waals surface area contributed by atoms with Gasteiger partial charge in [-0.25, -0.2) is 0 Å². The molecule has 1 aromatic heterocycles. The fourth-order valence-corrected chi connectivity index (χ4v) is 3.43. The molecule has 2 aromatic rings. The van der Waals surface area contributed by atoms with Crippen molar-refractivity contribution in [3.8, 4) is 0 Å². The number of aromatic nitrogens is 1. The van der Waals surface area contributed by atoms with Crippen LogP contribution in [0.3, 0.4) is 0 Å². The molecule has 0 aliphatic carbocycles. The first-order valence-electron chi connectivity index (χ1n) is 11.6. The molecule has 7 N–H and O–H groups in total. The number of hydroxylamine groups is 2. The molecular weight excluding hydrogens is 392 g/mol. The summed E-state index contributed by atoms with van der Waals surface area (Å²) in [4.78, 5) is 15.4. The number of unbranched alkanes of at least 4 members (excludes halogenated alkanes) is 1. The van der Waals surface area contributed by atoms with Gasteiger partial charge in [0.05, 0.1) is 6.42 Å². The summed E-state index contributed by atoms with van der Waals surface area (Å²) in [6.07, 6.45) is 5.28. The predicted molar refractivity (Wildman–Crippen MR) is 126 cm³/mol. The first-order valence-corrected chi connectivity index (χ1v) is 11.6. The fourth-order valence-electron chi connectivity index (χ4n) is 3.43. The van der Waals surface area contributed by atoms with Gasteiger partial charge in [-0.1, -0.05) is 18.2 Å². The second-order valence-corrected chi connectivity index (χ2v) is 7.92. The van der Waals surface area contributed by atoms with Gasteiger partial charge in [0.1, 0.15) is 0 Å². The van der Waals surface area contributed by atoms with Crippen LogP contribution in [-0.2, 0) is 11.2 Å². The van der Waals surface area contributed by atoms with Crippen LogP contribution in [0.4, 0.5) is 0 Å². The van der Waals surface area contributed by atoms with Crippen molar-refractivity contribution in [3.63, 3.8) is 0 Å². The van der Waals surface area contributed by atoms with Gasteiger partial charge >= 0.3 is 0 Å². The van der Waals surface area contributed by atoms with Crippen molar-refractivity contribution in [1.29, 1.82) is 0 Å². The van der Waals surface area contributed by atoms with Gasteiger partial charge in [0, 0.05) is 30.8 Å². The van der Waals surface area contributed by atoms with Crippen molar-refractivity contribution in [1.82, 2.24) is 26.0 Å². The van der Waals surface area contributed by atoms with E-state index in [2.05, 4.69) is 20.9 Å². The number of hydrogen-bond acceptors (Lipinski definition) is 6. The first kappa shape index (κ1) is 25.3. The molecule has 0 aliphatic rings. The number of carbonyl (C=O) groups excluding carboxylic acids is 1. The van der Waals surface area contributed by atoms with E-state index in [1.165, 1.54) is 5.06 Å². The third-order valence-electron chi connectivity index (χ3n) is 5.14. The van der Waals surface area contributed by atoms with Gasteiger partial charge < -0.3 is 31.9 Å². The Labute approximate surface area is 185 Å². The van der Waals surface area contributed by atoms with Gasteiger partial charge in [-0.2, -0.15) is 5.06 Å². The largest absolute Gasteiger partial charge is 0.358 e. The van der Waals surface area contributed by atoms with E-state index >= 15 is 0 Å². The molecule has 174 valence electrons. The fraction of sp³-hybridized carbons (Fsp3) is 0.609. The Morgan fingerprint density at radius 1 is 0.935 bits per heavy atom. The number of rotatable bonds is 18. The minimum Gasteiger partial charge on any atom is -0.358 e. The van der Waals surface area contributed by atoms with E-state index in [-0.39, 0.29) is 5.91 Å². The molecule has 8 heteroatoms. The van der Waals surface area contributed by atoms with Crippen LogP contribution >= 0.6 is 0 Å². The van der Waals surface area contributed by atoms with Crippen molar-refractivity contribution in [2.24, 2.45) is 5.73 Å². The zero-order chi connectivity index (χ0) is 22.2.